The van der Waals surface area contributed by atoms with E-state index >= 15 is 0 Å². The number of benzene rings is 2. The minimum atomic E-state index is -0.258. The molecule has 0 aliphatic heterocycles. The number of thioether (sulfide) groups is 1. The highest BCUT2D eigenvalue weighted by Gasteiger charge is 2.14. The van der Waals surface area contributed by atoms with Crippen LogP contribution in [0.1, 0.15) is 40.9 Å². The second-order valence-electron chi connectivity index (χ2n) is 7.73. The van der Waals surface area contributed by atoms with E-state index in [4.69, 9.17) is 0 Å². The summed E-state index contributed by atoms with van der Waals surface area (Å²) in [6, 6.07) is 18.5. The number of carbonyl (C=O) groups is 1. The number of halogens is 1. The van der Waals surface area contributed by atoms with E-state index in [-0.39, 0.29) is 11.7 Å². The predicted molar refractivity (Wildman–Crippen MR) is 124 cm³/mol. The molecular formula is C25H28FN3OS. The SMILES string of the molecule is CC(C)N(C)Cc1ccccc1CNC(=O)c1cccnc1SCc1ccc(F)cc1. The van der Waals surface area contributed by atoms with Crippen LogP contribution >= 0.6 is 11.8 Å². The van der Waals surface area contributed by atoms with Gasteiger partial charge in [0, 0.05) is 31.1 Å². The van der Waals surface area contributed by atoms with Crippen LogP contribution in [-0.2, 0) is 18.8 Å². The quantitative estimate of drug-likeness (QED) is 0.463. The highest BCUT2D eigenvalue weighted by Crippen LogP contribution is 2.24. The Bertz CT molecular complexity index is 1010. The van der Waals surface area contributed by atoms with Crippen LogP contribution in [0.5, 0.6) is 0 Å². The van der Waals surface area contributed by atoms with E-state index in [0.717, 1.165) is 17.7 Å². The topological polar surface area (TPSA) is 45.2 Å². The summed E-state index contributed by atoms with van der Waals surface area (Å²) in [5.41, 5.74) is 3.84. The van der Waals surface area contributed by atoms with E-state index in [1.165, 1.54) is 29.5 Å². The van der Waals surface area contributed by atoms with Crippen LogP contribution in [0.3, 0.4) is 0 Å². The average Bonchev–Trinajstić information content (AvgIpc) is 2.78. The van der Waals surface area contributed by atoms with Crippen molar-refractivity contribution in [3.05, 3.63) is 94.9 Å². The van der Waals surface area contributed by atoms with Gasteiger partial charge >= 0.3 is 0 Å². The van der Waals surface area contributed by atoms with Crippen LogP contribution in [0.2, 0.25) is 0 Å². The van der Waals surface area contributed by atoms with Crippen LogP contribution in [0, 0.1) is 5.82 Å². The van der Waals surface area contributed by atoms with Crippen molar-refractivity contribution in [1.29, 1.82) is 0 Å². The van der Waals surface area contributed by atoms with Crippen LogP contribution < -0.4 is 5.32 Å². The van der Waals surface area contributed by atoms with Crippen LogP contribution in [-0.4, -0.2) is 28.9 Å². The Morgan fingerprint density at radius 1 is 1.06 bits per heavy atom. The summed E-state index contributed by atoms with van der Waals surface area (Å²) in [5, 5.41) is 3.71. The van der Waals surface area contributed by atoms with Gasteiger partial charge in [0.05, 0.1) is 5.56 Å². The summed E-state index contributed by atoms with van der Waals surface area (Å²) in [6.07, 6.45) is 1.68. The first-order valence-corrected chi connectivity index (χ1v) is 11.3. The molecule has 0 atom stereocenters. The van der Waals surface area contributed by atoms with Gasteiger partial charge in [0.1, 0.15) is 10.8 Å². The van der Waals surface area contributed by atoms with E-state index in [2.05, 4.69) is 48.2 Å². The Labute approximate surface area is 187 Å². The molecule has 1 heterocycles. The number of pyridine rings is 1. The second-order valence-corrected chi connectivity index (χ2v) is 8.70. The van der Waals surface area contributed by atoms with Crippen molar-refractivity contribution < 1.29 is 9.18 Å². The number of hydrogen-bond donors (Lipinski definition) is 1. The van der Waals surface area contributed by atoms with Crippen molar-refractivity contribution in [3.63, 3.8) is 0 Å². The minimum Gasteiger partial charge on any atom is -0.348 e. The van der Waals surface area contributed by atoms with Gasteiger partial charge in [0.2, 0.25) is 0 Å². The molecule has 4 nitrogen and oxygen atoms in total. The smallest absolute Gasteiger partial charge is 0.254 e. The molecule has 1 aromatic heterocycles. The van der Waals surface area contributed by atoms with Gasteiger partial charge in [0.15, 0.2) is 0 Å². The number of carbonyl (C=O) groups excluding carboxylic acids is 1. The number of aromatic nitrogens is 1. The third-order valence-corrected chi connectivity index (χ3v) is 6.24. The molecule has 1 amide bonds. The fourth-order valence-electron chi connectivity index (χ4n) is 3.02. The van der Waals surface area contributed by atoms with Gasteiger partial charge < -0.3 is 5.32 Å². The van der Waals surface area contributed by atoms with Gasteiger partial charge in [-0.1, -0.05) is 36.4 Å². The summed E-state index contributed by atoms with van der Waals surface area (Å²) in [4.78, 5) is 19.6. The number of rotatable bonds is 9. The summed E-state index contributed by atoms with van der Waals surface area (Å²) in [6.45, 7) is 5.61. The standard InChI is InChI=1S/C25H28FN3OS/c1-18(2)29(3)16-21-8-5-4-7-20(21)15-28-24(30)23-9-6-14-27-25(23)31-17-19-10-12-22(26)13-11-19/h4-14,18H,15-17H2,1-3H3,(H,28,30). The molecule has 0 saturated carbocycles. The molecule has 1 N–H and O–H groups in total. The van der Waals surface area contributed by atoms with Crippen LogP contribution in [0.4, 0.5) is 4.39 Å². The van der Waals surface area contributed by atoms with Gasteiger partial charge in [0.25, 0.3) is 5.91 Å². The van der Waals surface area contributed by atoms with E-state index in [9.17, 15) is 9.18 Å². The maximum atomic E-state index is 13.1. The van der Waals surface area contributed by atoms with Crippen molar-refractivity contribution in [1.82, 2.24) is 15.2 Å². The Kier molecular flexibility index (Phi) is 8.20. The summed E-state index contributed by atoms with van der Waals surface area (Å²) in [5.74, 6) is 0.204. The first-order chi connectivity index (χ1) is 14.9. The zero-order valence-electron chi connectivity index (χ0n) is 18.1. The molecule has 0 radical (unpaired) electrons. The van der Waals surface area contributed by atoms with Gasteiger partial charge in [-0.25, -0.2) is 9.37 Å². The molecular weight excluding hydrogens is 409 g/mol. The second kappa shape index (κ2) is 11.1. The molecule has 0 unspecified atom stereocenters. The van der Waals surface area contributed by atoms with Gasteiger partial charge in [-0.2, -0.15) is 0 Å². The molecule has 0 aliphatic carbocycles. The van der Waals surface area contributed by atoms with E-state index in [1.54, 1.807) is 30.5 Å². The lowest BCUT2D eigenvalue weighted by Crippen LogP contribution is -2.28. The van der Waals surface area contributed by atoms with E-state index < -0.39 is 0 Å². The third-order valence-electron chi connectivity index (χ3n) is 5.16. The zero-order valence-corrected chi connectivity index (χ0v) is 19.0. The lowest BCUT2D eigenvalue weighted by molar-refractivity contribution is 0.0947. The van der Waals surface area contributed by atoms with Crippen molar-refractivity contribution in [2.75, 3.05) is 7.05 Å². The molecule has 31 heavy (non-hydrogen) atoms. The molecule has 3 aromatic rings. The fourth-order valence-corrected chi connectivity index (χ4v) is 3.96. The minimum absolute atomic E-state index is 0.151. The molecule has 6 heteroatoms. The maximum Gasteiger partial charge on any atom is 0.254 e. The Balaban J connectivity index is 1.66. The monoisotopic (exact) mass is 437 g/mol. The van der Waals surface area contributed by atoms with Crippen molar-refractivity contribution in [3.8, 4) is 0 Å². The Morgan fingerprint density at radius 3 is 2.48 bits per heavy atom. The average molecular weight is 438 g/mol. The number of amides is 1. The lowest BCUT2D eigenvalue weighted by Gasteiger charge is -2.22. The van der Waals surface area contributed by atoms with Gasteiger partial charge in [-0.3, -0.25) is 9.69 Å². The first kappa shape index (κ1) is 23.0. The highest BCUT2D eigenvalue weighted by atomic mass is 32.2. The number of nitrogens with zero attached hydrogens (tertiary/aromatic N) is 2. The molecule has 0 bridgehead atoms. The highest BCUT2D eigenvalue weighted by molar-refractivity contribution is 7.98. The summed E-state index contributed by atoms with van der Waals surface area (Å²) in [7, 11) is 2.10. The summed E-state index contributed by atoms with van der Waals surface area (Å²) >= 11 is 1.47. The van der Waals surface area contributed by atoms with Gasteiger partial charge in [-0.15, -0.1) is 11.8 Å². The molecule has 0 spiro atoms. The predicted octanol–water partition coefficient (Wildman–Crippen LogP) is 5.28. The fraction of sp³-hybridized carbons (Fsp3) is 0.280. The number of nitrogens with one attached hydrogen (secondary N) is 1. The van der Waals surface area contributed by atoms with Gasteiger partial charge in [-0.05, 0) is 61.9 Å². The maximum absolute atomic E-state index is 13.1. The van der Waals surface area contributed by atoms with Crippen molar-refractivity contribution in [2.45, 2.75) is 43.8 Å². The number of hydrogen-bond acceptors (Lipinski definition) is 4. The van der Waals surface area contributed by atoms with Crippen molar-refractivity contribution in [2.24, 2.45) is 0 Å². The normalized spacial score (nSPS) is 11.2. The Morgan fingerprint density at radius 2 is 1.77 bits per heavy atom. The molecule has 0 saturated heterocycles. The zero-order chi connectivity index (χ0) is 22.2. The van der Waals surface area contributed by atoms with E-state index in [0.29, 0.717) is 28.9 Å². The van der Waals surface area contributed by atoms with Crippen molar-refractivity contribution >= 4 is 17.7 Å². The molecule has 3 rings (SSSR count). The Hall–Kier alpha value is -2.70. The summed E-state index contributed by atoms with van der Waals surface area (Å²) < 4.78 is 13.1. The van der Waals surface area contributed by atoms with E-state index in [1.807, 2.05) is 12.1 Å². The van der Waals surface area contributed by atoms with Crippen LogP contribution in [0.15, 0.2) is 71.9 Å². The molecule has 0 fully saturated rings. The largest absolute Gasteiger partial charge is 0.348 e. The first-order valence-electron chi connectivity index (χ1n) is 10.3. The molecule has 2 aromatic carbocycles. The molecule has 0 aliphatic rings. The lowest BCUT2D eigenvalue weighted by atomic mass is 10.1. The molecule has 162 valence electrons. The van der Waals surface area contributed by atoms with Crippen LogP contribution in [0.25, 0.3) is 0 Å². The third kappa shape index (κ3) is 6.64.